The molecule has 35 heavy (non-hydrogen) atoms. The first kappa shape index (κ1) is 27.2. The van der Waals surface area contributed by atoms with Crippen LogP contribution in [0.25, 0.3) is 0 Å². The van der Waals surface area contributed by atoms with E-state index in [1.54, 1.807) is 5.56 Å². The summed E-state index contributed by atoms with van der Waals surface area (Å²) < 4.78 is 12.3. The Morgan fingerprint density at radius 3 is 1.43 bits per heavy atom. The Kier molecular flexibility index (Phi) is 11.5. The molecular weight excluding hydrogens is 427 g/mol. The summed E-state index contributed by atoms with van der Waals surface area (Å²) in [7, 11) is 0. The maximum atomic E-state index is 12.3. The van der Waals surface area contributed by atoms with Crippen LogP contribution in [0.3, 0.4) is 0 Å². The molecule has 0 aromatic heterocycles. The lowest BCUT2D eigenvalue weighted by Gasteiger charge is -2.41. The van der Waals surface area contributed by atoms with E-state index in [1.807, 2.05) is 0 Å². The monoisotopic (exact) mass is 482 g/mol. The van der Waals surface area contributed by atoms with E-state index in [0.29, 0.717) is 0 Å². The van der Waals surface area contributed by atoms with Crippen LogP contribution in [-0.2, 0) is 12.8 Å². The summed E-state index contributed by atoms with van der Waals surface area (Å²) in [6, 6.07) is 9.48. The molecule has 0 N–H and O–H groups in total. The van der Waals surface area contributed by atoms with Crippen LogP contribution in [0.4, 0.5) is 4.39 Å². The van der Waals surface area contributed by atoms with Gasteiger partial charge >= 0.3 is 0 Å². The fourth-order valence-electron chi connectivity index (χ4n) is 8.22. The first-order valence-corrected chi connectivity index (χ1v) is 15.9. The molecule has 1 heteroatoms. The van der Waals surface area contributed by atoms with Gasteiger partial charge in [0.05, 0.1) is 6.67 Å². The quantitative estimate of drug-likeness (QED) is 0.260. The molecule has 4 rings (SSSR count). The van der Waals surface area contributed by atoms with E-state index in [2.05, 4.69) is 31.2 Å². The maximum absolute atomic E-state index is 12.3. The standard InChI is InChI=1S/C34H55F/c1-2-6-27-8-10-29(11-9-27)12-13-30-16-20-32(21-17-30)34-24-22-33(23-25-34)31-18-14-28(15-19-31)7-4-3-5-26-35/h8-11,28,30-34H,2-7,12-26H2,1H3. The Morgan fingerprint density at radius 1 is 0.543 bits per heavy atom. The smallest absolute Gasteiger partial charge is 0.0894 e. The van der Waals surface area contributed by atoms with Crippen LogP contribution in [0, 0.1) is 35.5 Å². The summed E-state index contributed by atoms with van der Waals surface area (Å²) in [6.45, 7) is 2.15. The third-order valence-corrected chi connectivity index (χ3v) is 10.6. The summed E-state index contributed by atoms with van der Waals surface area (Å²) in [5.41, 5.74) is 3.05. The fraction of sp³-hybridized carbons (Fsp3) is 0.824. The number of alkyl halides is 1. The summed E-state index contributed by atoms with van der Waals surface area (Å²) in [4.78, 5) is 0. The SMILES string of the molecule is CCCc1ccc(CCC2CCC(C3CCC(C4CCC(CCCCCF)CC4)CC3)CC2)cc1. The molecular formula is C34H55F. The number of hydrogen-bond donors (Lipinski definition) is 0. The van der Waals surface area contributed by atoms with Crippen molar-refractivity contribution >= 4 is 0 Å². The Labute approximate surface area is 217 Å². The van der Waals surface area contributed by atoms with Crippen molar-refractivity contribution in [1.82, 2.24) is 0 Å². The molecule has 1 aromatic rings. The Hall–Kier alpha value is -0.850. The fourth-order valence-corrected chi connectivity index (χ4v) is 8.22. The average Bonchev–Trinajstić information content (AvgIpc) is 2.92. The normalized spacial score (nSPS) is 31.9. The topological polar surface area (TPSA) is 0 Å². The molecule has 198 valence electrons. The van der Waals surface area contributed by atoms with Crippen molar-refractivity contribution in [2.45, 2.75) is 135 Å². The molecule has 3 aliphatic carbocycles. The molecule has 0 unspecified atom stereocenters. The van der Waals surface area contributed by atoms with E-state index in [0.717, 1.165) is 48.3 Å². The highest BCUT2D eigenvalue weighted by molar-refractivity contribution is 5.22. The Balaban J connectivity index is 1.08. The Bertz CT molecular complexity index is 669. The molecule has 0 radical (unpaired) electrons. The van der Waals surface area contributed by atoms with Gasteiger partial charge in [-0.3, -0.25) is 4.39 Å². The molecule has 3 saturated carbocycles. The first-order chi connectivity index (χ1) is 17.2. The highest BCUT2D eigenvalue weighted by Crippen LogP contribution is 2.46. The van der Waals surface area contributed by atoms with Crippen molar-refractivity contribution in [3.05, 3.63) is 35.4 Å². The van der Waals surface area contributed by atoms with E-state index in [1.165, 1.54) is 121 Å². The highest BCUT2D eigenvalue weighted by atomic mass is 19.1. The number of halogens is 1. The summed E-state index contributed by atoms with van der Waals surface area (Å²) in [5, 5.41) is 0. The van der Waals surface area contributed by atoms with Crippen LogP contribution in [0.1, 0.15) is 134 Å². The van der Waals surface area contributed by atoms with Gasteiger partial charge in [-0.25, -0.2) is 0 Å². The van der Waals surface area contributed by atoms with Crippen molar-refractivity contribution < 1.29 is 4.39 Å². The van der Waals surface area contributed by atoms with Gasteiger partial charge in [-0.05, 0) is 124 Å². The van der Waals surface area contributed by atoms with Crippen LogP contribution in [0.15, 0.2) is 24.3 Å². The van der Waals surface area contributed by atoms with Crippen LogP contribution in [-0.4, -0.2) is 6.67 Å². The van der Waals surface area contributed by atoms with E-state index < -0.39 is 0 Å². The van der Waals surface area contributed by atoms with Gasteiger partial charge < -0.3 is 0 Å². The zero-order valence-corrected chi connectivity index (χ0v) is 23.0. The van der Waals surface area contributed by atoms with Gasteiger partial charge in [0.25, 0.3) is 0 Å². The van der Waals surface area contributed by atoms with Crippen LogP contribution in [0.5, 0.6) is 0 Å². The number of hydrogen-bond acceptors (Lipinski definition) is 0. The van der Waals surface area contributed by atoms with Gasteiger partial charge in [-0.15, -0.1) is 0 Å². The molecule has 0 spiro atoms. The van der Waals surface area contributed by atoms with E-state index in [4.69, 9.17) is 0 Å². The Morgan fingerprint density at radius 2 is 0.971 bits per heavy atom. The molecule has 0 atom stereocenters. The molecule has 0 nitrogen and oxygen atoms in total. The molecule has 3 aliphatic rings. The molecule has 0 amide bonds. The third kappa shape index (κ3) is 8.60. The summed E-state index contributed by atoms with van der Waals surface area (Å²) in [6.07, 6.45) is 27.8. The molecule has 3 fully saturated rings. The molecule has 0 saturated heterocycles. The first-order valence-electron chi connectivity index (χ1n) is 15.9. The van der Waals surface area contributed by atoms with Crippen molar-refractivity contribution in [2.24, 2.45) is 35.5 Å². The van der Waals surface area contributed by atoms with Crippen LogP contribution < -0.4 is 0 Å². The largest absolute Gasteiger partial charge is 0.251 e. The zero-order valence-electron chi connectivity index (χ0n) is 23.0. The lowest BCUT2D eigenvalue weighted by molar-refractivity contribution is 0.102. The highest BCUT2D eigenvalue weighted by Gasteiger charge is 2.34. The van der Waals surface area contributed by atoms with Gasteiger partial charge in [0, 0.05) is 0 Å². The number of benzene rings is 1. The average molecular weight is 483 g/mol. The van der Waals surface area contributed by atoms with Crippen molar-refractivity contribution in [2.75, 3.05) is 6.67 Å². The predicted molar refractivity (Wildman–Crippen MR) is 150 cm³/mol. The third-order valence-electron chi connectivity index (χ3n) is 10.6. The maximum Gasteiger partial charge on any atom is 0.0894 e. The van der Waals surface area contributed by atoms with Gasteiger partial charge in [0.1, 0.15) is 0 Å². The van der Waals surface area contributed by atoms with Gasteiger partial charge in [-0.2, -0.15) is 0 Å². The van der Waals surface area contributed by atoms with Crippen LogP contribution >= 0.6 is 0 Å². The second-order valence-corrected chi connectivity index (χ2v) is 12.9. The second-order valence-electron chi connectivity index (χ2n) is 12.9. The minimum absolute atomic E-state index is 0.120. The summed E-state index contributed by atoms with van der Waals surface area (Å²) >= 11 is 0. The van der Waals surface area contributed by atoms with E-state index in [-0.39, 0.29) is 6.67 Å². The minimum Gasteiger partial charge on any atom is -0.251 e. The second kappa shape index (κ2) is 14.8. The van der Waals surface area contributed by atoms with E-state index >= 15 is 0 Å². The lowest BCUT2D eigenvalue weighted by Crippen LogP contribution is -2.29. The summed E-state index contributed by atoms with van der Waals surface area (Å²) in [5.74, 6) is 6.09. The lowest BCUT2D eigenvalue weighted by atomic mass is 9.64. The molecule has 0 bridgehead atoms. The molecule has 0 aliphatic heterocycles. The number of rotatable bonds is 12. The molecule has 0 heterocycles. The van der Waals surface area contributed by atoms with Crippen molar-refractivity contribution in [3.8, 4) is 0 Å². The predicted octanol–water partition coefficient (Wildman–Crippen LogP) is 10.5. The number of unbranched alkanes of at least 4 members (excludes halogenated alkanes) is 2. The number of aryl methyl sites for hydroxylation is 2. The van der Waals surface area contributed by atoms with Crippen molar-refractivity contribution in [1.29, 1.82) is 0 Å². The van der Waals surface area contributed by atoms with Gasteiger partial charge in [-0.1, -0.05) is 82.6 Å². The van der Waals surface area contributed by atoms with Crippen LogP contribution in [0.2, 0.25) is 0 Å². The zero-order chi connectivity index (χ0) is 24.3. The molecule has 1 aromatic carbocycles. The van der Waals surface area contributed by atoms with Gasteiger partial charge in [0.2, 0.25) is 0 Å². The van der Waals surface area contributed by atoms with Gasteiger partial charge in [0.15, 0.2) is 0 Å². The minimum atomic E-state index is -0.120. The van der Waals surface area contributed by atoms with Crippen molar-refractivity contribution in [3.63, 3.8) is 0 Å². The van der Waals surface area contributed by atoms with E-state index in [9.17, 15) is 4.39 Å².